The molecule has 20 heavy (non-hydrogen) atoms. The number of nitrogens with one attached hydrogen (secondary N) is 1. The van der Waals surface area contributed by atoms with Crippen LogP contribution in [0.4, 0.5) is 14.5 Å². The van der Waals surface area contributed by atoms with Gasteiger partial charge < -0.3 is 10.4 Å². The summed E-state index contributed by atoms with van der Waals surface area (Å²) in [4.78, 5) is 0. The van der Waals surface area contributed by atoms with Crippen LogP contribution in [0.15, 0.2) is 40.9 Å². The Morgan fingerprint density at radius 2 is 1.90 bits per heavy atom. The van der Waals surface area contributed by atoms with Gasteiger partial charge in [-0.25, -0.2) is 8.78 Å². The molecule has 0 aliphatic rings. The number of anilines is 1. The summed E-state index contributed by atoms with van der Waals surface area (Å²) in [7, 11) is 0. The molecule has 0 aliphatic carbocycles. The quantitative estimate of drug-likeness (QED) is 0.874. The van der Waals surface area contributed by atoms with Crippen molar-refractivity contribution < 1.29 is 13.9 Å². The fourth-order valence-corrected chi connectivity index (χ4v) is 2.44. The van der Waals surface area contributed by atoms with Crippen LogP contribution in [-0.2, 0) is 0 Å². The van der Waals surface area contributed by atoms with E-state index in [0.29, 0.717) is 5.56 Å². The van der Waals surface area contributed by atoms with Gasteiger partial charge in [0.25, 0.3) is 0 Å². The number of benzene rings is 2. The Kier molecular flexibility index (Phi) is 4.73. The molecule has 0 heterocycles. The van der Waals surface area contributed by atoms with Gasteiger partial charge in [0, 0.05) is 16.7 Å². The topological polar surface area (TPSA) is 32.3 Å². The molecule has 2 N–H and O–H groups in total. The summed E-state index contributed by atoms with van der Waals surface area (Å²) in [5.74, 6) is -1.88. The first-order valence-electron chi connectivity index (χ1n) is 6.10. The maximum Gasteiger partial charge on any atom is 0.159 e. The average Bonchev–Trinajstić information content (AvgIpc) is 2.40. The van der Waals surface area contributed by atoms with Crippen molar-refractivity contribution in [3.05, 3.63) is 63.6 Å². The molecule has 0 bridgehead atoms. The summed E-state index contributed by atoms with van der Waals surface area (Å²) < 4.78 is 26.8. The minimum atomic E-state index is -0.960. The van der Waals surface area contributed by atoms with Gasteiger partial charge in [0.2, 0.25) is 0 Å². The van der Waals surface area contributed by atoms with Gasteiger partial charge in [0.1, 0.15) is 0 Å². The molecule has 0 fully saturated rings. The molecule has 1 atom stereocenters. The molecular formula is C15H14BrF2NO. The van der Waals surface area contributed by atoms with Crippen LogP contribution in [0.25, 0.3) is 0 Å². The van der Waals surface area contributed by atoms with Gasteiger partial charge in [0.15, 0.2) is 11.6 Å². The highest BCUT2D eigenvalue weighted by molar-refractivity contribution is 9.10. The van der Waals surface area contributed by atoms with E-state index in [1.807, 2.05) is 25.1 Å². The van der Waals surface area contributed by atoms with Crippen molar-refractivity contribution in [2.45, 2.75) is 13.0 Å². The fourth-order valence-electron chi connectivity index (χ4n) is 1.81. The van der Waals surface area contributed by atoms with Crippen molar-refractivity contribution in [2.75, 3.05) is 11.9 Å². The van der Waals surface area contributed by atoms with Crippen molar-refractivity contribution in [2.24, 2.45) is 0 Å². The van der Waals surface area contributed by atoms with Gasteiger partial charge in [0.05, 0.1) is 6.10 Å². The second kappa shape index (κ2) is 6.33. The molecule has 2 rings (SSSR count). The van der Waals surface area contributed by atoms with Crippen LogP contribution >= 0.6 is 15.9 Å². The summed E-state index contributed by atoms with van der Waals surface area (Å²) in [6, 6.07) is 9.16. The van der Waals surface area contributed by atoms with E-state index in [-0.39, 0.29) is 6.54 Å². The average molecular weight is 342 g/mol. The molecular weight excluding hydrogens is 328 g/mol. The number of halogens is 3. The largest absolute Gasteiger partial charge is 0.387 e. The summed E-state index contributed by atoms with van der Waals surface area (Å²) in [6.07, 6.45) is -0.918. The standard InChI is InChI=1S/C15H14BrF2NO/c1-9-2-5-14(11(16)6-9)19-8-15(20)10-3-4-12(17)13(18)7-10/h2-7,15,19-20H,8H2,1H3. The smallest absolute Gasteiger partial charge is 0.159 e. The van der Waals surface area contributed by atoms with Crippen molar-refractivity contribution >= 4 is 21.6 Å². The van der Waals surface area contributed by atoms with Crippen molar-refractivity contribution in [3.63, 3.8) is 0 Å². The molecule has 0 aliphatic heterocycles. The van der Waals surface area contributed by atoms with Crippen molar-refractivity contribution in [3.8, 4) is 0 Å². The van der Waals surface area contributed by atoms with Crippen LogP contribution in [0.5, 0.6) is 0 Å². The van der Waals surface area contributed by atoms with Crippen LogP contribution in [0.3, 0.4) is 0 Å². The van der Waals surface area contributed by atoms with Crippen molar-refractivity contribution in [1.29, 1.82) is 0 Å². The molecule has 5 heteroatoms. The zero-order valence-corrected chi connectivity index (χ0v) is 12.4. The molecule has 2 aromatic rings. The van der Waals surface area contributed by atoms with Crippen LogP contribution in [0, 0.1) is 18.6 Å². The van der Waals surface area contributed by atoms with Gasteiger partial charge in [-0.15, -0.1) is 0 Å². The van der Waals surface area contributed by atoms with E-state index in [0.717, 1.165) is 27.9 Å². The van der Waals surface area contributed by atoms with E-state index in [9.17, 15) is 13.9 Å². The first-order chi connectivity index (χ1) is 9.47. The Hall–Kier alpha value is -1.46. The molecule has 0 spiro atoms. The third-order valence-electron chi connectivity index (χ3n) is 2.94. The lowest BCUT2D eigenvalue weighted by Crippen LogP contribution is -2.12. The number of rotatable bonds is 4. The normalized spacial score (nSPS) is 12.2. The van der Waals surface area contributed by atoms with Crippen LogP contribution < -0.4 is 5.32 Å². The van der Waals surface area contributed by atoms with E-state index >= 15 is 0 Å². The maximum absolute atomic E-state index is 13.1. The fraction of sp³-hybridized carbons (Fsp3) is 0.200. The van der Waals surface area contributed by atoms with E-state index in [1.165, 1.54) is 6.07 Å². The second-order valence-electron chi connectivity index (χ2n) is 4.55. The van der Waals surface area contributed by atoms with E-state index in [1.54, 1.807) is 0 Å². The number of hydrogen-bond donors (Lipinski definition) is 2. The molecule has 0 radical (unpaired) electrons. The Morgan fingerprint density at radius 1 is 1.15 bits per heavy atom. The summed E-state index contributed by atoms with van der Waals surface area (Å²) in [5.41, 5.74) is 2.28. The summed E-state index contributed by atoms with van der Waals surface area (Å²) in [5, 5.41) is 13.0. The Balaban J connectivity index is 2.04. The Labute approximate surface area is 124 Å². The van der Waals surface area contributed by atoms with Crippen LogP contribution in [0.1, 0.15) is 17.2 Å². The monoisotopic (exact) mass is 341 g/mol. The first-order valence-corrected chi connectivity index (χ1v) is 6.89. The lowest BCUT2D eigenvalue weighted by Gasteiger charge is -2.14. The van der Waals surface area contributed by atoms with Crippen molar-refractivity contribution in [1.82, 2.24) is 0 Å². The van der Waals surface area contributed by atoms with Gasteiger partial charge in [-0.3, -0.25) is 0 Å². The lowest BCUT2D eigenvalue weighted by molar-refractivity contribution is 0.191. The zero-order valence-electron chi connectivity index (χ0n) is 10.8. The van der Waals surface area contributed by atoms with E-state index in [2.05, 4.69) is 21.2 Å². The minimum Gasteiger partial charge on any atom is -0.387 e. The van der Waals surface area contributed by atoms with Crippen LogP contribution in [0.2, 0.25) is 0 Å². The highest BCUT2D eigenvalue weighted by Crippen LogP contribution is 2.24. The first kappa shape index (κ1) is 14.9. The molecule has 106 valence electrons. The molecule has 0 saturated carbocycles. The van der Waals surface area contributed by atoms with Gasteiger partial charge in [-0.05, 0) is 58.2 Å². The van der Waals surface area contributed by atoms with Gasteiger partial charge in [-0.1, -0.05) is 12.1 Å². The molecule has 0 amide bonds. The van der Waals surface area contributed by atoms with E-state index in [4.69, 9.17) is 0 Å². The zero-order chi connectivity index (χ0) is 14.7. The Bertz CT molecular complexity index is 619. The predicted molar refractivity (Wildman–Crippen MR) is 78.7 cm³/mol. The third kappa shape index (κ3) is 3.55. The van der Waals surface area contributed by atoms with Gasteiger partial charge >= 0.3 is 0 Å². The minimum absolute atomic E-state index is 0.201. The molecule has 1 unspecified atom stereocenters. The Morgan fingerprint density at radius 3 is 2.55 bits per heavy atom. The number of aryl methyl sites for hydroxylation is 1. The van der Waals surface area contributed by atoms with Gasteiger partial charge in [-0.2, -0.15) is 0 Å². The molecule has 0 aromatic heterocycles. The summed E-state index contributed by atoms with van der Waals surface area (Å²) >= 11 is 3.42. The number of aliphatic hydroxyl groups excluding tert-OH is 1. The molecule has 0 saturated heterocycles. The molecule has 2 nitrogen and oxygen atoms in total. The SMILES string of the molecule is Cc1ccc(NCC(O)c2ccc(F)c(F)c2)c(Br)c1. The highest BCUT2D eigenvalue weighted by Gasteiger charge is 2.11. The maximum atomic E-state index is 13.1. The third-order valence-corrected chi connectivity index (χ3v) is 3.59. The highest BCUT2D eigenvalue weighted by atomic mass is 79.9. The number of aliphatic hydroxyl groups is 1. The predicted octanol–water partition coefficient (Wildman–Crippen LogP) is 4.18. The summed E-state index contributed by atoms with van der Waals surface area (Å²) in [6.45, 7) is 2.18. The lowest BCUT2D eigenvalue weighted by atomic mass is 10.1. The van der Waals surface area contributed by atoms with E-state index < -0.39 is 17.7 Å². The molecule has 2 aromatic carbocycles. The number of hydrogen-bond acceptors (Lipinski definition) is 2. The van der Waals surface area contributed by atoms with Crippen LogP contribution in [-0.4, -0.2) is 11.7 Å². The second-order valence-corrected chi connectivity index (χ2v) is 5.41.